The van der Waals surface area contributed by atoms with E-state index in [1.165, 1.54) is 0 Å². The maximum atomic E-state index is 6.19. The second kappa shape index (κ2) is 10.0. The number of rotatable bonds is 7. The van der Waals surface area contributed by atoms with Crippen LogP contribution >= 0.6 is 46.6 Å². The molecule has 0 fully saturated rings. The minimum Gasteiger partial charge on any atom is -0.391 e. The molecule has 3 aromatic carbocycles. The van der Waals surface area contributed by atoms with Gasteiger partial charge in [-0.1, -0.05) is 76.4 Å². The first-order chi connectivity index (χ1) is 13.1. The highest BCUT2D eigenvalue weighted by atomic mass is 35.5. The molecule has 0 radical (unpaired) electrons. The summed E-state index contributed by atoms with van der Waals surface area (Å²) in [5, 5.41) is 6.24. The molecule has 0 saturated carbocycles. The van der Waals surface area contributed by atoms with Crippen LogP contribution < -0.4 is 0 Å². The molecule has 3 rings (SSSR count). The zero-order valence-electron chi connectivity index (χ0n) is 14.2. The van der Waals surface area contributed by atoms with Gasteiger partial charge in [-0.25, -0.2) is 0 Å². The third kappa shape index (κ3) is 6.18. The second-order valence-electron chi connectivity index (χ2n) is 5.66. The van der Waals surface area contributed by atoms with Crippen LogP contribution in [0.15, 0.2) is 82.8 Å². The summed E-state index contributed by atoms with van der Waals surface area (Å²) in [6, 6.07) is 23.0. The first kappa shape index (κ1) is 20.1. The van der Waals surface area contributed by atoms with Gasteiger partial charge in [0.2, 0.25) is 0 Å². The smallest absolute Gasteiger partial charge is 0.143 e. The quantitative estimate of drug-likeness (QED) is 0.219. The fraction of sp³-hybridized carbons (Fsp3) is 0.0952. The first-order valence-corrected chi connectivity index (χ1v) is 10.3. The van der Waals surface area contributed by atoms with Crippen molar-refractivity contribution in [3.63, 3.8) is 0 Å². The van der Waals surface area contributed by atoms with Crippen LogP contribution in [0.2, 0.25) is 15.1 Å². The Morgan fingerprint density at radius 1 is 0.852 bits per heavy atom. The topological polar surface area (TPSA) is 21.6 Å². The minimum absolute atomic E-state index is 0.276. The van der Waals surface area contributed by atoms with Crippen LogP contribution in [0.1, 0.15) is 11.1 Å². The summed E-state index contributed by atoms with van der Waals surface area (Å²) in [5.41, 5.74) is 2.70. The second-order valence-corrected chi connectivity index (χ2v) is 7.98. The van der Waals surface area contributed by atoms with Crippen LogP contribution in [0.5, 0.6) is 0 Å². The Morgan fingerprint density at radius 3 is 2.26 bits per heavy atom. The Labute approximate surface area is 178 Å². The molecule has 138 valence electrons. The van der Waals surface area contributed by atoms with Crippen LogP contribution in [0.25, 0.3) is 0 Å². The summed E-state index contributed by atoms with van der Waals surface area (Å²) in [4.78, 5) is 6.71. The lowest BCUT2D eigenvalue weighted by molar-refractivity contribution is 0.130. The summed E-state index contributed by atoms with van der Waals surface area (Å²) in [7, 11) is 0. The van der Waals surface area contributed by atoms with Gasteiger partial charge in [0.1, 0.15) is 6.61 Å². The standard InChI is InChI=1S/C21H16Cl3NOS/c22-17-8-10-19(11-9-17)27-14-21(15-4-2-1-3-5-15)25-26-13-16-6-7-18(23)12-20(16)24/h1-12H,13-14H2. The largest absolute Gasteiger partial charge is 0.391 e. The molecular weight excluding hydrogens is 421 g/mol. The van der Waals surface area contributed by atoms with Crippen molar-refractivity contribution < 1.29 is 4.84 Å². The molecule has 27 heavy (non-hydrogen) atoms. The van der Waals surface area contributed by atoms with Crippen molar-refractivity contribution in [3.05, 3.63) is 99.0 Å². The monoisotopic (exact) mass is 435 g/mol. The van der Waals surface area contributed by atoms with Gasteiger partial charge in [-0.2, -0.15) is 0 Å². The van der Waals surface area contributed by atoms with Crippen molar-refractivity contribution in [2.75, 3.05) is 5.75 Å². The van der Waals surface area contributed by atoms with E-state index >= 15 is 0 Å². The molecule has 0 amide bonds. The summed E-state index contributed by atoms with van der Waals surface area (Å²) in [6.07, 6.45) is 0. The predicted molar refractivity (Wildman–Crippen MR) is 116 cm³/mol. The van der Waals surface area contributed by atoms with Crippen molar-refractivity contribution in [2.24, 2.45) is 5.16 Å². The van der Waals surface area contributed by atoms with E-state index in [0.29, 0.717) is 15.8 Å². The lowest BCUT2D eigenvalue weighted by Crippen LogP contribution is -2.06. The maximum absolute atomic E-state index is 6.19. The fourth-order valence-corrected chi connectivity index (χ4v) is 3.73. The number of benzene rings is 3. The molecule has 0 aliphatic heterocycles. The van der Waals surface area contributed by atoms with E-state index in [1.54, 1.807) is 23.9 Å². The Morgan fingerprint density at radius 2 is 1.56 bits per heavy atom. The molecule has 0 aliphatic rings. The molecule has 0 saturated heterocycles. The molecule has 0 aliphatic carbocycles. The van der Waals surface area contributed by atoms with Gasteiger partial charge in [0.05, 0.1) is 5.71 Å². The molecule has 0 spiro atoms. The SMILES string of the molecule is Clc1ccc(SCC(=NOCc2ccc(Cl)cc2Cl)c2ccccc2)cc1. The van der Waals surface area contributed by atoms with E-state index in [1.807, 2.05) is 60.7 Å². The molecule has 0 unspecified atom stereocenters. The predicted octanol–water partition coefficient (Wildman–Crippen LogP) is 7.36. The van der Waals surface area contributed by atoms with Gasteiger partial charge < -0.3 is 4.84 Å². The Bertz CT molecular complexity index is 914. The molecule has 0 bridgehead atoms. The third-order valence-corrected chi connectivity index (χ3v) is 5.57. The van der Waals surface area contributed by atoms with Gasteiger partial charge in [-0.3, -0.25) is 0 Å². The minimum atomic E-state index is 0.276. The van der Waals surface area contributed by atoms with Crippen LogP contribution in [0.4, 0.5) is 0 Å². The van der Waals surface area contributed by atoms with Crippen molar-refractivity contribution in [1.29, 1.82) is 0 Å². The Kier molecular flexibility index (Phi) is 7.48. The highest BCUT2D eigenvalue weighted by Gasteiger charge is 2.07. The van der Waals surface area contributed by atoms with Crippen molar-refractivity contribution >= 4 is 52.3 Å². The van der Waals surface area contributed by atoms with Crippen LogP contribution in [0.3, 0.4) is 0 Å². The third-order valence-electron chi connectivity index (χ3n) is 3.71. The van der Waals surface area contributed by atoms with Gasteiger partial charge in [-0.05, 0) is 36.4 Å². The molecular formula is C21H16Cl3NOS. The zero-order valence-corrected chi connectivity index (χ0v) is 17.3. The number of halogens is 3. The summed E-state index contributed by atoms with van der Waals surface area (Å²) in [5.74, 6) is 0.667. The molecule has 0 N–H and O–H groups in total. The average molecular weight is 437 g/mol. The van der Waals surface area contributed by atoms with Gasteiger partial charge in [0.15, 0.2) is 0 Å². The molecule has 0 aromatic heterocycles. The number of hydrogen-bond acceptors (Lipinski definition) is 3. The van der Waals surface area contributed by atoms with Crippen LogP contribution in [0, 0.1) is 0 Å². The highest BCUT2D eigenvalue weighted by Crippen LogP contribution is 2.23. The lowest BCUT2D eigenvalue weighted by atomic mass is 10.1. The van der Waals surface area contributed by atoms with E-state index < -0.39 is 0 Å². The molecule has 0 heterocycles. The fourth-order valence-electron chi connectivity index (χ4n) is 2.29. The lowest BCUT2D eigenvalue weighted by Gasteiger charge is -2.08. The maximum Gasteiger partial charge on any atom is 0.143 e. The number of hydrogen-bond donors (Lipinski definition) is 0. The van der Waals surface area contributed by atoms with Crippen molar-refractivity contribution in [1.82, 2.24) is 0 Å². The first-order valence-electron chi connectivity index (χ1n) is 8.18. The van der Waals surface area contributed by atoms with Gasteiger partial charge in [0, 0.05) is 36.8 Å². The van der Waals surface area contributed by atoms with E-state index in [0.717, 1.165) is 26.8 Å². The summed E-state index contributed by atoms with van der Waals surface area (Å²) < 4.78 is 0. The normalized spacial score (nSPS) is 11.4. The van der Waals surface area contributed by atoms with Crippen molar-refractivity contribution in [3.8, 4) is 0 Å². The van der Waals surface area contributed by atoms with E-state index in [4.69, 9.17) is 39.6 Å². The van der Waals surface area contributed by atoms with Gasteiger partial charge in [-0.15, -0.1) is 11.8 Å². The van der Waals surface area contributed by atoms with Gasteiger partial charge in [0.25, 0.3) is 0 Å². The average Bonchev–Trinajstić information content (AvgIpc) is 2.68. The molecule has 6 heteroatoms. The van der Waals surface area contributed by atoms with Crippen LogP contribution in [-0.4, -0.2) is 11.5 Å². The molecule has 0 atom stereocenters. The number of oxime groups is 1. The van der Waals surface area contributed by atoms with E-state index in [9.17, 15) is 0 Å². The van der Waals surface area contributed by atoms with Crippen molar-refractivity contribution in [2.45, 2.75) is 11.5 Å². The molecule has 2 nitrogen and oxygen atoms in total. The number of nitrogens with zero attached hydrogens (tertiary/aromatic N) is 1. The summed E-state index contributed by atoms with van der Waals surface area (Å²) in [6.45, 7) is 0.276. The van der Waals surface area contributed by atoms with Crippen LogP contribution in [-0.2, 0) is 11.4 Å². The van der Waals surface area contributed by atoms with E-state index in [-0.39, 0.29) is 6.61 Å². The van der Waals surface area contributed by atoms with Gasteiger partial charge >= 0.3 is 0 Å². The number of thioether (sulfide) groups is 1. The Hall–Kier alpha value is -1.65. The highest BCUT2D eigenvalue weighted by molar-refractivity contribution is 8.00. The van der Waals surface area contributed by atoms with E-state index in [2.05, 4.69) is 5.16 Å². The zero-order chi connectivity index (χ0) is 19.1. The summed E-state index contributed by atoms with van der Waals surface area (Å²) >= 11 is 19.7. The molecule has 3 aromatic rings. The Balaban J connectivity index is 1.71.